The van der Waals surface area contributed by atoms with E-state index in [0.29, 0.717) is 32.5 Å². The van der Waals surface area contributed by atoms with Gasteiger partial charge in [-0.2, -0.15) is 0 Å². The molecule has 2 aliphatic rings. The summed E-state index contributed by atoms with van der Waals surface area (Å²) in [6.45, 7) is 1.79. The van der Waals surface area contributed by atoms with E-state index in [1.54, 1.807) is 4.90 Å². The van der Waals surface area contributed by atoms with Crippen molar-refractivity contribution in [3.63, 3.8) is 0 Å². The molecule has 1 spiro atoms. The van der Waals surface area contributed by atoms with Crippen molar-refractivity contribution in [2.24, 2.45) is 0 Å². The highest BCUT2D eigenvalue weighted by molar-refractivity contribution is 5.98. The molecule has 0 radical (unpaired) electrons. The van der Waals surface area contributed by atoms with E-state index in [-0.39, 0.29) is 23.1 Å². The predicted molar refractivity (Wildman–Crippen MR) is 99.0 cm³/mol. The first-order valence-corrected chi connectivity index (χ1v) is 9.30. The van der Waals surface area contributed by atoms with E-state index < -0.39 is 5.54 Å². The van der Waals surface area contributed by atoms with Gasteiger partial charge in [0.15, 0.2) is 0 Å². The lowest BCUT2D eigenvalue weighted by molar-refractivity contribution is -0.146. The number of hydrogen-bond donors (Lipinski definition) is 1. The van der Waals surface area contributed by atoms with Gasteiger partial charge in [0, 0.05) is 25.8 Å². The molecular weight excluding hydrogens is 344 g/mol. The minimum absolute atomic E-state index is 0.0212. The molecule has 4 rings (SSSR count). The second kappa shape index (κ2) is 6.98. The van der Waals surface area contributed by atoms with E-state index in [1.807, 2.05) is 35.2 Å². The van der Waals surface area contributed by atoms with Crippen molar-refractivity contribution >= 4 is 11.8 Å². The van der Waals surface area contributed by atoms with Crippen molar-refractivity contribution in [2.75, 3.05) is 13.1 Å². The number of carbonyl (C=O) groups is 2. The van der Waals surface area contributed by atoms with Crippen LogP contribution < -0.4 is 5.56 Å². The zero-order valence-electron chi connectivity index (χ0n) is 15.1. The van der Waals surface area contributed by atoms with Gasteiger partial charge >= 0.3 is 0 Å². The van der Waals surface area contributed by atoms with Crippen LogP contribution in [-0.4, -0.2) is 50.2 Å². The average Bonchev–Trinajstić information content (AvgIpc) is 3.11. The Hall–Kier alpha value is -2.96. The van der Waals surface area contributed by atoms with Gasteiger partial charge in [-0.25, -0.2) is 4.98 Å². The molecule has 7 heteroatoms. The third-order valence-corrected chi connectivity index (χ3v) is 5.55. The number of benzene rings is 1. The number of H-pyrrole nitrogens is 1. The van der Waals surface area contributed by atoms with E-state index in [2.05, 4.69) is 9.97 Å². The number of nitrogens with one attached hydrogen (secondary N) is 1. The van der Waals surface area contributed by atoms with E-state index in [4.69, 9.17) is 0 Å². The van der Waals surface area contributed by atoms with Crippen LogP contribution in [0.3, 0.4) is 0 Å². The van der Waals surface area contributed by atoms with Crippen LogP contribution in [0, 0.1) is 0 Å². The Kier molecular flexibility index (Phi) is 4.51. The summed E-state index contributed by atoms with van der Waals surface area (Å²) < 4.78 is 0. The SMILES string of the molecule is O=C(c1c[nH]c(=O)cn1)N1CCCC12CCCN(Cc1ccccc1)C2=O. The molecule has 1 atom stereocenters. The second-order valence-corrected chi connectivity index (χ2v) is 7.20. The maximum atomic E-state index is 13.4. The van der Waals surface area contributed by atoms with Crippen LogP contribution in [0.25, 0.3) is 0 Å². The van der Waals surface area contributed by atoms with Gasteiger partial charge in [0.1, 0.15) is 11.2 Å². The molecule has 2 aliphatic heterocycles. The summed E-state index contributed by atoms with van der Waals surface area (Å²) in [7, 11) is 0. The highest BCUT2D eigenvalue weighted by atomic mass is 16.2. The van der Waals surface area contributed by atoms with Gasteiger partial charge < -0.3 is 14.8 Å². The van der Waals surface area contributed by atoms with Gasteiger partial charge in [0.05, 0.1) is 6.20 Å². The molecule has 2 amide bonds. The topological polar surface area (TPSA) is 86.4 Å². The molecule has 0 saturated carbocycles. The molecule has 1 N–H and O–H groups in total. The van der Waals surface area contributed by atoms with Crippen molar-refractivity contribution in [1.82, 2.24) is 19.8 Å². The molecule has 2 saturated heterocycles. The maximum absolute atomic E-state index is 13.4. The number of aromatic nitrogens is 2. The summed E-state index contributed by atoms with van der Waals surface area (Å²) in [5.41, 5.74) is 0.109. The predicted octanol–water partition coefficient (Wildman–Crippen LogP) is 1.57. The number of rotatable bonds is 3. The quantitative estimate of drug-likeness (QED) is 0.893. The molecule has 27 heavy (non-hydrogen) atoms. The first-order valence-electron chi connectivity index (χ1n) is 9.30. The Bertz CT molecular complexity index is 890. The summed E-state index contributed by atoms with van der Waals surface area (Å²) in [4.78, 5) is 47.6. The summed E-state index contributed by atoms with van der Waals surface area (Å²) in [5.74, 6) is -0.272. The van der Waals surface area contributed by atoms with E-state index >= 15 is 0 Å². The molecule has 0 aliphatic carbocycles. The molecule has 1 aromatic carbocycles. The summed E-state index contributed by atoms with van der Waals surface area (Å²) in [6, 6.07) is 9.91. The van der Waals surface area contributed by atoms with Crippen molar-refractivity contribution in [3.05, 3.63) is 64.3 Å². The smallest absolute Gasteiger partial charge is 0.274 e. The number of hydrogen-bond acceptors (Lipinski definition) is 4. The lowest BCUT2D eigenvalue weighted by Gasteiger charge is -2.44. The summed E-state index contributed by atoms with van der Waals surface area (Å²) in [6.07, 6.45) is 5.42. The third-order valence-electron chi connectivity index (χ3n) is 5.55. The zero-order chi connectivity index (χ0) is 18.9. The third kappa shape index (κ3) is 3.13. The van der Waals surface area contributed by atoms with E-state index in [9.17, 15) is 14.4 Å². The molecule has 7 nitrogen and oxygen atoms in total. The fourth-order valence-electron chi connectivity index (χ4n) is 4.27. The average molecular weight is 366 g/mol. The van der Waals surface area contributed by atoms with Crippen LogP contribution in [0.5, 0.6) is 0 Å². The van der Waals surface area contributed by atoms with Crippen LogP contribution in [0.15, 0.2) is 47.5 Å². The molecule has 2 fully saturated rings. The highest BCUT2D eigenvalue weighted by Gasteiger charge is 2.52. The van der Waals surface area contributed by atoms with Crippen molar-refractivity contribution < 1.29 is 9.59 Å². The Morgan fingerprint density at radius 2 is 1.85 bits per heavy atom. The first kappa shape index (κ1) is 17.5. The largest absolute Gasteiger partial charge is 0.336 e. The Balaban J connectivity index is 1.59. The van der Waals surface area contributed by atoms with Gasteiger partial charge in [-0.05, 0) is 31.2 Å². The number of carbonyl (C=O) groups excluding carboxylic acids is 2. The lowest BCUT2D eigenvalue weighted by Crippen LogP contribution is -2.61. The maximum Gasteiger partial charge on any atom is 0.274 e. The Morgan fingerprint density at radius 1 is 1.11 bits per heavy atom. The molecule has 0 bridgehead atoms. The minimum Gasteiger partial charge on any atom is -0.336 e. The second-order valence-electron chi connectivity index (χ2n) is 7.20. The number of likely N-dealkylation sites (tertiary alicyclic amines) is 2. The first-order chi connectivity index (χ1) is 13.1. The standard InChI is InChI=1S/C20H22N4O3/c25-17-13-21-16(12-22-17)18(26)24-11-5-9-20(24)8-4-10-23(19(20)27)14-15-6-2-1-3-7-15/h1-3,6-7,12-13H,4-5,8-11,14H2,(H,22,25). The lowest BCUT2D eigenvalue weighted by atomic mass is 9.85. The number of aromatic amines is 1. The van der Waals surface area contributed by atoms with E-state index in [1.165, 1.54) is 6.20 Å². The van der Waals surface area contributed by atoms with Crippen molar-refractivity contribution in [1.29, 1.82) is 0 Å². The summed E-state index contributed by atoms with van der Waals surface area (Å²) in [5, 5.41) is 0. The normalized spacial score (nSPS) is 22.4. The fourth-order valence-corrected chi connectivity index (χ4v) is 4.27. The number of amides is 2. The minimum atomic E-state index is -0.790. The van der Waals surface area contributed by atoms with Gasteiger partial charge in [-0.15, -0.1) is 0 Å². The molecule has 140 valence electrons. The molecular formula is C20H22N4O3. The van der Waals surface area contributed by atoms with Crippen molar-refractivity contribution in [2.45, 2.75) is 37.8 Å². The molecule has 2 aromatic rings. The van der Waals surface area contributed by atoms with Crippen LogP contribution in [0.2, 0.25) is 0 Å². The van der Waals surface area contributed by atoms with Gasteiger partial charge in [0.25, 0.3) is 11.5 Å². The molecule has 3 heterocycles. The van der Waals surface area contributed by atoms with Gasteiger partial charge in [-0.1, -0.05) is 30.3 Å². The number of nitrogens with zero attached hydrogens (tertiary/aromatic N) is 3. The molecule has 1 aromatic heterocycles. The van der Waals surface area contributed by atoms with Gasteiger partial charge in [-0.3, -0.25) is 14.4 Å². The fraction of sp³-hybridized carbons (Fsp3) is 0.400. The van der Waals surface area contributed by atoms with E-state index in [0.717, 1.165) is 24.6 Å². The van der Waals surface area contributed by atoms with Crippen LogP contribution in [0.4, 0.5) is 0 Å². The summed E-state index contributed by atoms with van der Waals surface area (Å²) >= 11 is 0. The monoisotopic (exact) mass is 366 g/mol. The zero-order valence-corrected chi connectivity index (χ0v) is 15.1. The highest BCUT2D eigenvalue weighted by Crippen LogP contribution is 2.39. The van der Waals surface area contributed by atoms with Gasteiger partial charge in [0.2, 0.25) is 5.91 Å². The molecule has 1 unspecified atom stereocenters. The van der Waals surface area contributed by atoms with Crippen molar-refractivity contribution in [3.8, 4) is 0 Å². The Morgan fingerprint density at radius 3 is 2.56 bits per heavy atom. The number of piperidine rings is 1. The van der Waals surface area contributed by atoms with Crippen LogP contribution in [0.1, 0.15) is 41.7 Å². The van der Waals surface area contributed by atoms with Crippen LogP contribution >= 0.6 is 0 Å². The Labute approximate surface area is 157 Å². The van der Waals surface area contributed by atoms with Crippen LogP contribution in [-0.2, 0) is 11.3 Å².